The summed E-state index contributed by atoms with van der Waals surface area (Å²) in [6.45, 7) is 2.46. The van der Waals surface area contributed by atoms with Crippen LogP contribution in [0.15, 0.2) is 28.5 Å². The molecule has 3 rings (SSSR count). The van der Waals surface area contributed by atoms with E-state index in [4.69, 9.17) is 20.8 Å². The lowest BCUT2D eigenvalue weighted by Crippen LogP contribution is -2.32. The Morgan fingerprint density at radius 1 is 1.30 bits per heavy atom. The average molecular weight is 416 g/mol. The van der Waals surface area contributed by atoms with Crippen LogP contribution in [0.5, 0.6) is 5.75 Å². The second kappa shape index (κ2) is 10.8. The third kappa shape index (κ3) is 6.09. The lowest BCUT2D eigenvalue weighted by Gasteiger charge is -2.23. The zero-order chi connectivity index (χ0) is 21.3. The number of nitrogens with one attached hydrogen (secondary N) is 1. The first-order chi connectivity index (χ1) is 14.6. The summed E-state index contributed by atoms with van der Waals surface area (Å²) in [5, 5.41) is 8.53. The lowest BCUT2D eigenvalue weighted by molar-refractivity contribution is 0.154. The Morgan fingerprint density at radius 2 is 2.10 bits per heavy atom. The van der Waals surface area contributed by atoms with Crippen LogP contribution in [0.25, 0.3) is 5.70 Å². The van der Waals surface area contributed by atoms with E-state index in [9.17, 15) is 0 Å². The molecule has 0 aliphatic heterocycles. The van der Waals surface area contributed by atoms with Crippen molar-refractivity contribution in [2.75, 3.05) is 18.9 Å². The fraction of sp³-hybridized carbons (Fsp3) is 0.571. The minimum Gasteiger partial charge on any atom is -0.489 e. The van der Waals surface area contributed by atoms with E-state index in [-0.39, 0.29) is 6.10 Å². The van der Waals surface area contributed by atoms with Gasteiger partial charge in [0.1, 0.15) is 5.75 Å². The molecule has 0 aromatic carbocycles. The van der Waals surface area contributed by atoms with Crippen LogP contribution in [0.1, 0.15) is 63.5 Å². The van der Waals surface area contributed by atoms with Gasteiger partial charge in [-0.2, -0.15) is 4.98 Å². The molecule has 30 heavy (non-hydrogen) atoms. The molecule has 1 aliphatic carbocycles. The molecule has 1 saturated carbocycles. The highest BCUT2D eigenvalue weighted by Crippen LogP contribution is 2.24. The maximum atomic E-state index is 6.36. The molecule has 1 aliphatic rings. The number of ether oxygens (including phenoxy) is 1. The van der Waals surface area contributed by atoms with Crippen molar-refractivity contribution in [3.05, 3.63) is 35.6 Å². The SMILES string of the molecule is CCCCc1nc(NC/C(=C(/N)c2ccc(OC3CCCCC3)cn2)N(C)N)no1. The highest BCUT2D eigenvalue weighted by Gasteiger charge is 2.16. The van der Waals surface area contributed by atoms with Crippen molar-refractivity contribution in [3.8, 4) is 5.75 Å². The summed E-state index contributed by atoms with van der Waals surface area (Å²) in [4.78, 5) is 8.81. The van der Waals surface area contributed by atoms with Gasteiger partial charge in [-0.1, -0.05) is 19.8 Å². The van der Waals surface area contributed by atoms with Gasteiger partial charge < -0.3 is 25.3 Å². The predicted molar refractivity (Wildman–Crippen MR) is 116 cm³/mol. The van der Waals surface area contributed by atoms with Gasteiger partial charge in [0.2, 0.25) is 5.89 Å². The largest absolute Gasteiger partial charge is 0.489 e. The van der Waals surface area contributed by atoms with Gasteiger partial charge in [-0.3, -0.25) is 4.98 Å². The number of unbranched alkanes of at least 4 members (excludes halogenated alkanes) is 1. The molecule has 2 aromatic heterocycles. The number of nitrogens with two attached hydrogens (primary N) is 2. The van der Waals surface area contributed by atoms with Gasteiger partial charge in [0.25, 0.3) is 5.95 Å². The molecule has 1 fully saturated rings. The normalized spacial score (nSPS) is 15.6. The maximum Gasteiger partial charge on any atom is 0.263 e. The van der Waals surface area contributed by atoms with Gasteiger partial charge in [-0.05, 0) is 49.4 Å². The van der Waals surface area contributed by atoms with E-state index in [1.54, 1.807) is 13.2 Å². The molecule has 0 spiro atoms. The quantitative estimate of drug-likeness (QED) is 0.396. The molecule has 0 saturated heterocycles. The fourth-order valence-corrected chi connectivity index (χ4v) is 3.46. The van der Waals surface area contributed by atoms with Gasteiger partial charge in [0.15, 0.2) is 0 Å². The predicted octanol–water partition coefficient (Wildman–Crippen LogP) is 3.06. The lowest BCUT2D eigenvalue weighted by atomic mass is 9.98. The van der Waals surface area contributed by atoms with E-state index in [0.717, 1.165) is 37.9 Å². The number of hydrogen-bond acceptors (Lipinski definition) is 9. The summed E-state index contributed by atoms with van der Waals surface area (Å²) in [5.74, 6) is 7.81. The molecule has 9 nitrogen and oxygen atoms in total. The second-order valence-electron chi connectivity index (χ2n) is 7.70. The summed E-state index contributed by atoms with van der Waals surface area (Å²) >= 11 is 0. The zero-order valence-corrected chi connectivity index (χ0v) is 17.9. The first-order valence-electron chi connectivity index (χ1n) is 10.7. The monoisotopic (exact) mass is 415 g/mol. The van der Waals surface area contributed by atoms with Gasteiger partial charge in [-0.15, -0.1) is 0 Å². The highest BCUT2D eigenvalue weighted by molar-refractivity contribution is 5.63. The smallest absolute Gasteiger partial charge is 0.263 e. The third-order valence-electron chi connectivity index (χ3n) is 5.23. The van der Waals surface area contributed by atoms with Gasteiger partial charge in [-0.25, -0.2) is 5.84 Å². The number of pyridine rings is 1. The van der Waals surface area contributed by atoms with Crippen molar-refractivity contribution in [1.82, 2.24) is 20.1 Å². The zero-order valence-electron chi connectivity index (χ0n) is 17.9. The van der Waals surface area contributed by atoms with Crippen molar-refractivity contribution in [1.29, 1.82) is 0 Å². The van der Waals surface area contributed by atoms with E-state index >= 15 is 0 Å². The number of aryl methyl sites for hydroxylation is 1. The van der Waals surface area contributed by atoms with Crippen LogP contribution in [0, 0.1) is 0 Å². The third-order valence-corrected chi connectivity index (χ3v) is 5.23. The molecule has 0 atom stereocenters. The molecule has 5 N–H and O–H groups in total. The number of anilines is 1. The number of aromatic nitrogens is 3. The molecule has 164 valence electrons. The second-order valence-corrected chi connectivity index (χ2v) is 7.70. The van der Waals surface area contributed by atoms with Crippen LogP contribution in [-0.4, -0.2) is 39.8 Å². The number of nitrogens with zero attached hydrogens (tertiary/aromatic N) is 4. The Bertz CT molecular complexity index is 811. The van der Waals surface area contributed by atoms with Gasteiger partial charge in [0, 0.05) is 13.5 Å². The topological polar surface area (TPSA) is 128 Å². The minimum absolute atomic E-state index is 0.284. The number of hydrogen-bond donors (Lipinski definition) is 3. The highest BCUT2D eigenvalue weighted by atomic mass is 16.5. The van der Waals surface area contributed by atoms with Gasteiger partial charge >= 0.3 is 0 Å². The molecule has 0 unspecified atom stereocenters. The van der Waals surface area contributed by atoms with Crippen LogP contribution in [0.4, 0.5) is 5.95 Å². The number of hydrazine groups is 1. The van der Waals surface area contributed by atoms with Crippen LogP contribution in [0.3, 0.4) is 0 Å². The van der Waals surface area contributed by atoms with Crippen LogP contribution < -0.4 is 21.6 Å². The van der Waals surface area contributed by atoms with Crippen molar-refractivity contribution >= 4 is 11.6 Å². The van der Waals surface area contributed by atoms with E-state index in [0.29, 0.717) is 35.5 Å². The van der Waals surface area contributed by atoms with Crippen LogP contribution in [0.2, 0.25) is 0 Å². The van der Waals surface area contributed by atoms with E-state index in [2.05, 4.69) is 27.4 Å². The Hall–Kier alpha value is -2.81. The number of likely N-dealkylation sites (N-methyl/N-ethyl adjacent to an activating group) is 1. The van der Waals surface area contributed by atoms with Crippen molar-refractivity contribution in [2.45, 2.75) is 64.4 Å². The Balaban J connectivity index is 1.64. The molecule has 0 amide bonds. The number of rotatable bonds is 10. The Labute approximate surface area is 177 Å². The molecule has 2 aromatic rings. The molecular weight excluding hydrogens is 382 g/mol. The van der Waals surface area contributed by atoms with Crippen LogP contribution in [-0.2, 0) is 6.42 Å². The molecule has 0 radical (unpaired) electrons. The van der Waals surface area contributed by atoms with Crippen molar-refractivity contribution < 1.29 is 9.26 Å². The summed E-state index contributed by atoms with van der Waals surface area (Å²) < 4.78 is 11.3. The first kappa shape index (κ1) is 21.9. The molecule has 2 heterocycles. The summed E-state index contributed by atoms with van der Waals surface area (Å²) in [6, 6.07) is 3.76. The van der Waals surface area contributed by atoms with E-state index in [1.807, 2.05) is 12.1 Å². The molecular formula is C21H33N7O2. The summed E-state index contributed by atoms with van der Waals surface area (Å²) in [6.07, 6.45) is 10.8. The average Bonchev–Trinajstić information content (AvgIpc) is 3.21. The van der Waals surface area contributed by atoms with Gasteiger partial charge in [0.05, 0.1) is 35.9 Å². The standard InChI is InChI=1S/C21H33N7O2/c1-3-4-10-19-26-21(27-30-19)25-14-18(28(2)23)20(22)17-12-11-16(13-24-17)29-15-8-6-5-7-9-15/h11-13,15H,3-10,14,22-23H2,1-2H3,(H,25,27)/b20-18-. The Kier molecular flexibility index (Phi) is 7.89. The Morgan fingerprint density at radius 3 is 2.77 bits per heavy atom. The van der Waals surface area contributed by atoms with E-state index in [1.165, 1.54) is 24.3 Å². The summed E-state index contributed by atoms with van der Waals surface area (Å²) in [5.41, 5.74) is 8.14. The fourth-order valence-electron chi connectivity index (χ4n) is 3.46. The van der Waals surface area contributed by atoms with Crippen LogP contribution >= 0.6 is 0 Å². The first-order valence-corrected chi connectivity index (χ1v) is 10.7. The minimum atomic E-state index is 0.284. The summed E-state index contributed by atoms with van der Waals surface area (Å²) in [7, 11) is 1.73. The van der Waals surface area contributed by atoms with E-state index < -0.39 is 0 Å². The maximum absolute atomic E-state index is 6.36. The van der Waals surface area contributed by atoms with Crippen molar-refractivity contribution in [2.24, 2.45) is 11.6 Å². The molecule has 0 bridgehead atoms. The van der Waals surface area contributed by atoms with Crippen molar-refractivity contribution in [3.63, 3.8) is 0 Å². The molecule has 9 heteroatoms.